The molecule has 3 amide bonds. The Morgan fingerprint density at radius 2 is 1.81 bits per heavy atom. The van der Waals surface area contributed by atoms with Gasteiger partial charge in [0.1, 0.15) is 17.8 Å². The molecular weight excluding hydrogens is 830 g/mol. The summed E-state index contributed by atoms with van der Waals surface area (Å²) in [7, 11) is -2.25. The fourth-order valence-electron chi connectivity index (χ4n) is 8.18. The zero-order valence-electron chi connectivity index (χ0n) is 35.3. The lowest BCUT2D eigenvalue weighted by molar-refractivity contribution is -0.120. The average Bonchev–Trinajstić information content (AvgIpc) is 4.01. The molecule has 3 aromatic carbocycles. The number of piperazine rings is 1. The van der Waals surface area contributed by atoms with Gasteiger partial charge in [0.25, 0.3) is 0 Å². The Balaban J connectivity index is 0.893. The normalized spacial score (nSPS) is 16.5. The number of nitrogens with zero attached hydrogens (tertiary/aromatic N) is 10. The number of imide groups is 1. The molecule has 9 rings (SSSR count). The number of carbonyl (C=O) groups is 2. The van der Waals surface area contributed by atoms with Crippen LogP contribution in [0.3, 0.4) is 0 Å². The van der Waals surface area contributed by atoms with E-state index in [2.05, 4.69) is 70.7 Å². The van der Waals surface area contributed by atoms with Crippen molar-refractivity contribution in [3.63, 3.8) is 0 Å². The Kier molecular flexibility index (Phi) is 10.8. The number of carbonyl (C=O) groups excluding carboxylic acids is 2. The Morgan fingerprint density at radius 1 is 0.984 bits per heavy atom. The van der Waals surface area contributed by atoms with E-state index in [1.165, 1.54) is 33.9 Å². The molecule has 0 saturated carbocycles. The van der Waals surface area contributed by atoms with Gasteiger partial charge in [-0.15, -0.1) is 5.10 Å². The van der Waals surface area contributed by atoms with Gasteiger partial charge in [-0.05, 0) is 73.9 Å². The second-order valence-corrected chi connectivity index (χ2v) is 18.3. The van der Waals surface area contributed by atoms with Crippen molar-refractivity contribution >= 4 is 61.5 Å². The van der Waals surface area contributed by atoms with E-state index in [1.807, 2.05) is 39.1 Å². The standard InChI is InChI=1S/C43H46FN13O5S/c1-25(2)36-23-54(29-9-11-32-35(18-29)53(5)51-40(32)56-14-13-37(58)49-43(56)59)15-16-55(36)22-27-7-6-8-30(17-27)63(60,61)31-10-12-34(33(44)19-31)48-42-50-41-39(62-26(3)4)38(28-20-46-47-21-28)45-24-57(41)52-42/h6-12,17-21,24-26,36H,13-16,22-23H2,1-5H3,(H,46,47)(H,48,52)(H,49,58,59)/t36-/m0/s1. The second-order valence-electron chi connectivity index (χ2n) is 16.3. The van der Waals surface area contributed by atoms with Crippen molar-refractivity contribution in [2.24, 2.45) is 13.0 Å². The molecule has 326 valence electrons. The first-order chi connectivity index (χ1) is 30.2. The van der Waals surface area contributed by atoms with Crippen LogP contribution in [-0.2, 0) is 28.2 Å². The Hall–Kier alpha value is -6.93. The maximum Gasteiger partial charge on any atom is 0.329 e. The fraction of sp³-hybridized carbons (Fsp3) is 0.326. The summed E-state index contributed by atoms with van der Waals surface area (Å²) < 4.78 is 52.9. The maximum absolute atomic E-state index is 15.7. The number of anilines is 4. The molecule has 0 unspecified atom stereocenters. The molecule has 3 N–H and O–H groups in total. The van der Waals surface area contributed by atoms with Crippen molar-refractivity contribution in [3.05, 3.63) is 90.8 Å². The van der Waals surface area contributed by atoms with Crippen LogP contribution in [0.25, 0.3) is 27.8 Å². The summed E-state index contributed by atoms with van der Waals surface area (Å²) in [6.45, 7) is 11.1. The van der Waals surface area contributed by atoms with Gasteiger partial charge in [-0.2, -0.15) is 19.7 Å². The quantitative estimate of drug-likeness (QED) is 0.135. The molecule has 0 spiro atoms. The van der Waals surface area contributed by atoms with Crippen LogP contribution < -0.4 is 25.2 Å². The van der Waals surface area contributed by atoms with Crippen molar-refractivity contribution in [1.29, 1.82) is 0 Å². The number of aromatic amines is 1. The van der Waals surface area contributed by atoms with Gasteiger partial charge in [0.15, 0.2) is 11.6 Å². The van der Waals surface area contributed by atoms with Crippen LogP contribution in [0.5, 0.6) is 5.75 Å². The summed E-state index contributed by atoms with van der Waals surface area (Å²) in [5.74, 6) is 0.142. The van der Waals surface area contributed by atoms with Crippen molar-refractivity contribution < 1.29 is 27.1 Å². The van der Waals surface area contributed by atoms with Crippen molar-refractivity contribution in [2.45, 2.75) is 62.6 Å². The number of sulfone groups is 1. The minimum Gasteiger partial charge on any atom is -0.485 e. The highest BCUT2D eigenvalue weighted by Crippen LogP contribution is 2.35. The van der Waals surface area contributed by atoms with E-state index >= 15 is 4.39 Å². The topological polar surface area (TPSA) is 201 Å². The number of urea groups is 1. The third-order valence-corrected chi connectivity index (χ3v) is 13.1. The number of rotatable bonds is 12. The molecule has 6 heterocycles. The molecule has 2 saturated heterocycles. The van der Waals surface area contributed by atoms with Gasteiger partial charge in [-0.25, -0.2) is 22.6 Å². The fourth-order valence-corrected chi connectivity index (χ4v) is 9.53. The summed E-state index contributed by atoms with van der Waals surface area (Å²) in [5.41, 5.74) is 4.26. The number of fused-ring (bicyclic) bond motifs is 2. The van der Waals surface area contributed by atoms with E-state index in [9.17, 15) is 18.0 Å². The zero-order valence-corrected chi connectivity index (χ0v) is 36.1. The molecule has 0 bridgehead atoms. The smallest absolute Gasteiger partial charge is 0.329 e. The highest BCUT2D eigenvalue weighted by Gasteiger charge is 2.32. The van der Waals surface area contributed by atoms with Crippen LogP contribution in [0, 0.1) is 11.7 Å². The number of H-pyrrole nitrogens is 1. The first-order valence-electron chi connectivity index (χ1n) is 20.6. The van der Waals surface area contributed by atoms with E-state index in [0.717, 1.165) is 47.9 Å². The summed E-state index contributed by atoms with van der Waals surface area (Å²) in [6.07, 6.45) is 4.78. The van der Waals surface area contributed by atoms with Gasteiger partial charge in [0.2, 0.25) is 27.3 Å². The van der Waals surface area contributed by atoms with E-state index in [4.69, 9.17) is 4.74 Å². The number of halogens is 1. The lowest BCUT2D eigenvalue weighted by atomic mass is 9.98. The summed E-state index contributed by atoms with van der Waals surface area (Å²) in [4.78, 5) is 39.5. The first-order valence-corrected chi connectivity index (χ1v) is 22.1. The van der Waals surface area contributed by atoms with Crippen LogP contribution in [-0.4, -0.2) is 103 Å². The van der Waals surface area contributed by atoms with Crippen LogP contribution in [0.1, 0.15) is 39.7 Å². The summed E-state index contributed by atoms with van der Waals surface area (Å²) >= 11 is 0. The van der Waals surface area contributed by atoms with Crippen LogP contribution in [0.2, 0.25) is 0 Å². The molecule has 63 heavy (non-hydrogen) atoms. The largest absolute Gasteiger partial charge is 0.485 e. The number of amides is 3. The van der Waals surface area contributed by atoms with Gasteiger partial charge >= 0.3 is 6.03 Å². The number of nitrogens with one attached hydrogen (secondary N) is 3. The Morgan fingerprint density at radius 3 is 2.56 bits per heavy atom. The zero-order chi connectivity index (χ0) is 44.2. The second kappa shape index (κ2) is 16.4. The monoisotopic (exact) mass is 875 g/mol. The van der Waals surface area contributed by atoms with Crippen molar-refractivity contribution in [3.8, 4) is 17.0 Å². The minimum absolute atomic E-state index is 0.0120. The van der Waals surface area contributed by atoms with Crippen molar-refractivity contribution in [2.75, 3.05) is 41.3 Å². The number of aromatic nitrogens is 8. The maximum atomic E-state index is 15.7. The van der Waals surface area contributed by atoms with Gasteiger partial charge in [-0.1, -0.05) is 26.0 Å². The first kappa shape index (κ1) is 41.4. The molecule has 2 fully saturated rings. The molecular formula is C43H46FN13O5S. The molecule has 7 aromatic rings. The van der Waals surface area contributed by atoms with Crippen molar-refractivity contribution in [1.82, 2.24) is 49.8 Å². The molecule has 20 heteroatoms. The summed E-state index contributed by atoms with van der Waals surface area (Å²) in [6, 6.07) is 16.3. The van der Waals surface area contributed by atoms with Gasteiger partial charge in [0, 0.05) is 75.1 Å². The highest BCUT2D eigenvalue weighted by atomic mass is 32.2. The third-order valence-electron chi connectivity index (χ3n) is 11.4. The number of benzene rings is 3. The van der Waals surface area contributed by atoms with E-state index < -0.39 is 21.7 Å². The third kappa shape index (κ3) is 8.02. The number of aryl methyl sites for hydroxylation is 1. The molecule has 1 atom stereocenters. The molecule has 4 aromatic heterocycles. The SMILES string of the molecule is CC(C)Oc1c(-c2cn[nH]c2)ncn2nc(Nc3ccc(S(=O)(=O)c4cccc(CN5CCN(c6ccc7c(N8CCC(=O)NC8=O)nn(C)c7c6)C[C@H]5C(C)C)c4)cc3F)nc12. The number of ether oxygens (including phenoxy) is 1. The van der Waals surface area contributed by atoms with Gasteiger partial charge in [0.05, 0.1) is 33.3 Å². The van der Waals surface area contributed by atoms with Crippen LogP contribution in [0.15, 0.2) is 89.2 Å². The molecule has 2 aliphatic rings. The average molecular weight is 876 g/mol. The van der Waals surface area contributed by atoms with E-state index in [1.54, 1.807) is 29.2 Å². The number of hydrogen-bond donors (Lipinski definition) is 3. The lowest BCUT2D eigenvalue weighted by Gasteiger charge is -2.44. The van der Waals surface area contributed by atoms with E-state index in [-0.39, 0.29) is 58.4 Å². The predicted molar refractivity (Wildman–Crippen MR) is 233 cm³/mol. The molecule has 18 nitrogen and oxygen atoms in total. The van der Waals surface area contributed by atoms with Crippen LogP contribution >= 0.6 is 0 Å². The Labute approximate surface area is 362 Å². The molecule has 0 radical (unpaired) electrons. The summed E-state index contributed by atoms with van der Waals surface area (Å²) in [5, 5.41) is 21.9. The number of hydrogen-bond acceptors (Lipinski definition) is 13. The van der Waals surface area contributed by atoms with Gasteiger partial charge in [-0.3, -0.25) is 29.7 Å². The minimum atomic E-state index is -4.10. The predicted octanol–water partition coefficient (Wildman–Crippen LogP) is 5.70. The van der Waals surface area contributed by atoms with Crippen LogP contribution in [0.4, 0.5) is 32.3 Å². The lowest BCUT2D eigenvalue weighted by Crippen LogP contribution is -2.54. The molecule has 2 aliphatic heterocycles. The Bertz CT molecular complexity index is 2990. The molecule has 0 aliphatic carbocycles. The van der Waals surface area contributed by atoms with E-state index in [0.29, 0.717) is 35.0 Å². The highest BCUT2D eigenvalue weighted by molar-refractivity contribution is 7.91. The van der Waals surface area contributed by atoms with Gasteiger partial charge < -0.3 is 15.0 Å².